The molecule has 1 amide bonds. The van der Waals surface area contributed by atoms with E-state index in [2.05, 4.69) is 17.1 Å². The van der Waals surface area contributed by atoms with Gasteiger partial charge in [-0.1, -0.05) is 0 Å². The number of rotatable bonds is 2. The van der Waals surface area contributed by atoms with Gasteiger partial charge in [0, 0.05) is 37.6 Å². The van der Waals surface area contributed by atoms with Gasteiger partial charge in [0.1, 0.15) is 5.60 Å². The van der Waals surface area contributed by atoms with E-state index in [-0.39, 0.29) is 6.09 Å². The number of piperidine rings is 1. The summed E-state index contributed by atoms with van der Waals surface area (Å²) in [5, 5.41) is 3.43. The minimum atomic E-state index is -0.397. The first-order valence-corrected chi connectivity index (χ1v) is 8.72. The first-order valence-electron chi connectivity index (χ1n) is 8.72. The quantitative estimate of drug-likeness (QED) is 0.846. The third-order valence-electron chi connectivity index (χ3n) is 5.57. The predicted molar refractivity (Wildman–Crippen MR) is 86.9 cm³/mol. The number of ether oxygens (including phenoxy) is 1. The van der Waals surface area contributed by atoms with Crippen LogP contribution < -0.4 is 5.32 Å². The molecule has 3 aliphatic heterocycles. The molecule has 22 heavy (non-hydrogen) atoms. The molecule has 3 heterocycles. The SMILES string of the molecule is CC1N(CC2CCNCC2)CC12CN(C(=O)OC(C)(C)C)C2. The summed E-state index contributed by atoms with van der Waals surface area (Å²) in [6.07, 6.45) is 2.46. The number of nitrogens with one attached hydrogen (secondary N) is 1. The average Bonchev–Trinajstić information content (AvgIpc) is 2.39. The molecule has 3 aliphatic rings. The first-order chi connectivity index (χ1) is 10.3. The van der Waals surface area contributed by atoms with Gasteiger partial charge in [0.15, 0.2) is 0 Å². The number of likely N-dealkylation sites (tertiary alicyclic amines) is 2. The molecule has 5 heteroatoms. The minimum absolute atomic E-state index is 0.151. The highest BCUT2D eigenvalue weighted by Crippen LogP contribution is 2.46. The molecule has 3 rings (SSSR count). The van der Waals surface area contributed by atoms with E-state index in [1.807, 2.05) is 25.7 Å². The Labute approximate surface area is 134 Å². The van der Waals surface area contributed by atoms with Crippen LogP contribution >= 0.6 is 0 Å². The molecule has 0 aromatic rings. The monoisotopic (exact) mass is 309 g/mol. The zero-order chi connectivity index (χ0) is 16.0. The van der Waals surface area contributed by atoms with Gasteiger partial charge in [0.05, 0.1) is 0 Å². The van der Waals surface area contributed by atoms with E-state index in [1.165, 1.54) is 32.5 Å². The van der Waals surface area contributed by atoms with Gasteiger partial charge in [-0.15, -0.1) is 0 Å². The molecule has 126 valence electrons. The maximum atomic E-state index is 12.1. The van der Waals surface area contributed by atoms with Crippen LogP contribution in [0.3, 0.4) is 0 Å². The van der Waals surface area contributed by atoms with E-state index in [4.69, 9.17) is 4.74 Å². The van der Waals surface area contributed by atoms with Crippen LogP contribution in [0.2, 0.25) is 0 Å². The summed E-state index contributed by atoms with van der Waals surface area (Å²) in [7, 11) is 0. The fourth-order valence-electron chi connectivity index (χ4n) is 4.10. The summed E-state index contributed by atoms with van der Waals surface area (Å²) in [6, 6.07) is 0.598. The number of nitrogens with zero attached hydrogens (tertiary/aromatic N) is 2. The molecular weight excluding hydrogens is 278 g/mol. The molecule has 1 unspecified atom stereocenters. The number of carbonyl (C=O) groups is 1. The van der Waals surface area contributed by atoms with E-state index >= 15 is 0 Å². The summed E-state index contributed by atoms with van der Waals surface area (Å²) in [5.74, 6) is 0.850. The van der Waals surface area contributed by atoms with Crippen molar-refractivity contribution < 1.29 is 9.53 Å². The summed E-state index contributed by atoms with van der Waals surface area (Å²) >= 11 is 0. The van der Waals surface area contributed by atoms with Crippen LogP contribution in [0, 0.1) is 11.3 Å². The van der Waals surface area contributed by atoms with E-state index < -0.39 is 5.60 Å². The topological polar surface area (TPSA) is 44.8 Å². The van der Waals surface area contributed by atoms with Crippen molar-refractivity contribution in [2.75, 3.05) is 39.3 Å². The van der Waals surface area contributed by atoms with E-state index in [0.717, 1.165) is 25.6 Å². The summed E-state index contributed by atoms with van der Waals surface area (Å²) < 4.78 is 5.45. The Kier molecular flexibility index (Phi) is 4.14. The van der Waals surface area contributed by atoms with Crippen LogP contribution in [0.5, 0.6) is 0 Å². The van der Waals surface area contributed by atoms with Crippen molar-refractivity contribution in [2.24, 2.45) is 11.3 Å². The molecule has 0 bridgehead atoms. The molecule has 0 saturated carbocycles. The number of amides is 1. The summed E-state index contributed by atoms with van der Waals surface area (Å²) in [5.41, 5.74) is -0.0596. The molecular formula is C17H31N3O2. The fraction of sp³-hybridized carbons (Fsp3) is 0.941. The van der Waals surface area contributed by atoms with Crippen molar-refractivity contribution in [2.45, 2.75) is 52.2 Å². The first kappa shape index (κ1) is 16.1. The van der Waals surface area contributed by atoms with Crippen LogP contribution in [-0.4, -0.2) is 66.8 Å². The third kappa shape index (κ3) is 3.11. The normalized spacial score (nSPS) is 29.1. The summed E-state index contributed by atoms with van der Waals surface area (Å²) in [6.45, 7) is 14.6. The standard InChI is InChI=1S/C17H31N3O2/c1-13-17(10-19(13)9-14-5-7-18-8-6-14)11-20(12-17)15(21)22-16(2,3)4/h13-14,18H,5-12H2,1-4H3. The van der Waals surface area contributed by atoms with Crippen LogP contribution in [0.15, 0.2) is 0 Å². The number of carbonyl (C=O) groups excluding carboxylic acids is 1. The van der Waals surface area contributed by atoms with E-state index in [9.17, 15) is 4.79 Å². The lowest BCUT2D eigenvalue weighted by atomic mass is 9.66. The van der Waals surface area contributed by atoms with Crippen molar-refractivity contribution in [1.29, 1.82) is 0 Å². The molecule has 0 aliphatic carbocycles. The Balaban J connectivity index is 1.43. The largest absolute Gasteiger partial charge is 0.444 e. The minimum Gasteiger partial charge on any atom is -0.444 e. The molecule has 5 nitrogen and oxygen atoms in total. The highest BCUT2D eigenvalue weighted by atomic mass is 16.6. The Morgan fingerprint density at radius 3 is 2.41 bits per heavy atom. The van der Waals surface area contributed by atoms with Gasteiger partial charge in [0.2, 0.25) is 0 Å². The highest BCUT2D eigenvalue weighted by molar-refractivity contribution is 5.69. The van der Waals surface area contributed by atoms with Crippen molar-refractivity contribution in [3.05, 3.63) is 0 Å². The van der Waals surface area contributed by atoms with E-state index in [0.29, 0.717) is 11.5 Å². The zero-order valence-electron chi connectivity index (χ0n) is 14.5. The number of hydrogen-bond acceptors (Lipinski definition) is 4. The second-order valence-electron chi connectivity index (χ2n) is 8.50. The lowest BCUT2D eigenvalue weighted by Gasteiger charge is -2.65. The maximum Gasteiger partial charge on any atom is 0.410 e. The lowest BCUT2D eigenvalue weighted by Crippen LogP contribution is -2.77. The number of hydrogen-bond donors (Lipinski definition) is 1. The van der Waals surface area contributed by atoms with Crippen molar-refractivity contribution in [3.63, 3.8) is 0 Å². The molecule has 0 radical (unpaired) electrons. The van der Waals surface area contributed by atoms with Crippen LogP contribution in [0.1, 0.15) is 40.5 Å². The summed E-state index contributed by atoms with van der Waals surface area (Å²) in [4.78, 5) is 16.5. The van der Waals surface area contributed by atoms with Gasteiger partial charge in [-0.2, -0.15) is 0 Å². The molecule has 0 aromatic heterocycles. The molecule has 3 fully saturated rings. The van der Waals surface area contributed by atoms with Gasteiger partial charge in [-0.3, -0.25) is 4.90 Å². The van der Waals surface area contributed by atoms with Crippen molar-refractivity contribution in [3.8, 4) is 0 Å². The molecule has 1 spiro atoms. The molecule has 3 saturated heterocycles. The highest BCUT2D eigenvalue weighted by Gasteiger charge is 2.58. The van der Waals surface area contributed by atoms with Crippen molar-refractivity contribution >= 4 is 6.09 Å². The Hall–Kier alpha value is -0.810. The Bertz CT molecular complexity index is 420. The van der Waals surface area contributed by atoms with Crippen molar-refractivity contribution in [1.82, 2.24) is 15.1 Å². The molecule has 0 aromatic carbocycles. The second kappa shape index (κ2) is 5.68. The zero-order valence-corrected chi connectivity index (χ0v) is 14.5. The van der Waals surface area contributed by atoms with Crippen LogP contribution in [-0.2, 0) is 4.74 Å². The average molecular weight is 309 g/mol. The van der Waals surface area contributed by atoms with Crippen LogP contribution in [0.4, 0.5) is 4.79 Å². The fourth-order valence-corrected chi connectivity index (χ4v) is 4.10. The predicted octanol–water partition coefficient (Wildman–Crippen LogP) is 1.93. The van der Waals surface area contributed by atoms with Gasteiger partial charge < -0.3 is 15.0 Å². The molecule has 1 atom stereocenters. The second-order valence-corrected chi connectivity index (χ2v) is 8.50. The Morgan fingerprint density at radius 2 is 1.86 bits per heavy atom. The van der Waals surface area contributed by atoms with Gasteiger partial charge in [-0.25, -0.2) is 4.79 Å². The van der Waals surface area contributed by atoms with Gasteiger partial charge in [-0.05, 0) is 59.5 Å². The van der Waals surface area contributed by atoms with Gasteiger partial charge in [0.25, 0.3) is 0 Å². The molecule has 1 N–H and O–H groups in total. The third-order valence-corrected chi connectivity index (χ3v) is 5.57. The Morgan fingerprint density at radius 1 is 1.23 bits per heavy atom. The maximum absolute atomic E-state index is 12.1. The lowest BCUT2D eigenvalue weighted by molar-refractivity contribution is -0.157. The van der Waals surface area contributed by atoms with Gasteiger partial charge >= 0.3 is 6.09 Å². The van der Waals surface area contributed by atoms with E-state index in [1.54, 1.807) is 0 Å². The van der Waals surface area contributed by atoms with Crippen LogP contribution in [0.25, 0.3) is 0 Å². The smallest absolute Gasteiger partial charge is 0.410 e.